The molecule has 0 spiro atoms. The fraction of sp³-hybridized carbons (Fsp3) is 0.438. The van der Waals surface area contributed by atoms with E-state index in [1.807, 2.05) is 6.20 Å². The maximum absolute atomic E-state index is 5.82. The van der Waals surface area contributed by atoms with Crippen LogP contribution >= 0.6 is 0 Å². The van der Waals surface area contributed by atoms with Gasteiger partial charge in [-0.3, -0.25) is 4.98 Å². The third-order valence-corrected chi connectivity index (χ3v) is 3.51. The summed E-state index contributed by atoms with van der Waals surface area (Å²) in [5, 5.41) is 3.46. The zero-order valence-electron chi connectivity index (χ0n) is 11.4. The molecule has 0 bridgehead atoms. The number of aryl methyl sites for hydroxylation is 1. The predicted molar refractivity (Wildman–Crippen MR) is 75.0 cm³/mol. The molecule has 3 rings (SSSR count). The molecule has 1 fully saturated rings. The van der Waals surface area contributed by atoms with E-state index in [2.05, 4.69) is 41.5 Å². The Kier molecular flexibility index (Phi) is 3.65. The molecule has 3 heteroatoms. The van der Waals surface area contributed by atoms with Crippen molar-refractivity contribution in [2.75, 3.05) is 0 Å². The first kappa shape index (κ1) is 12.4. The summed E-state index contributed by atoms with van der Waals surface area (Å²) in [7, 11) is 0. The SMILES string of the molecule is CCc1ccc(Cc2ccc(CNC3CC3)o2)nc1. The highest BCUT2D eigenvalue weighted by Crippen LogP contribution is 2.20. The number of aromatic nitrogens is 1. The molecule has 1 aliphatic rings. The van der Waals surface area contributed by atoms with E-state index >= 15 is 0 Å². The minimum absolute atomic E-state index is 0.719. The molecule has 1 aliphatic carbocycles. The van der Waals surface area contributed by atoms with Gasteiger partial charge in [0, 0.05) is 24.4 Å². The number of furan rings is 1. The molecule has 2 aromatic heterocycles. The van der Waals surface area contributed by atoms with Crippen LogP contribution in [0.2, 0.25) is 0 Å². The fourth-order valence-corrected chi connectivity index (χ4v) is 2.09. The van der Waals surface area contributed by atoms with Gasteiger partial charge in [-0.25, -0.2) is 0 Å². The van der Waals surface area contributed by atoms with Crippen LogP contribution in [-0.2, 0) is 19.4 Å². The molecular formula is C16H20N2O. The zero-order valence-corrected chi connectivity index (χ0v) is 11.4. The molecule has 0 aliphatic heterocycles. The first-order valence-electron chi connectivity index (χ1n) is 7.08. The van der Waals surface area contributed by atoms with Crippen LogP contribution in [0.4, 0.5) is 0 Å². The lowest BCUT2D eigenvalue weighted by Crippen LogP contribution is -2.14. The van der Waals surface area contributed by atoms with E-state index in [-0.39, 0.29) is 0 Å². The highest BCUT2D eigenvalue weighted by molar-refractivity contribution is 5.19. The molecule has 0 radical (unpaired) electrons. The Morgan fingerprint density at radius 2 is 2.05 bits per heavy atom. The third-order valence-electron chi connectivity index (χ3n) is 3.51. The first-order valence-corrected chi connectivity index (χ1v) is 7.08. The van der Waals surface area contributed by atoms with Crippen molar-refractivity contribution in [1.82, 2.24) is 10.3 Å². The van der Waals surface area contributed by atoms with Crippen LogP contribution in [0.15, 0.2) is 34.9 Å². The topological polar surface area (TPSA) is 38.1 Å². The van der Waals surface area contributed by atoms with E-state index in [0.717, 1.165) is 42.6 Å². The number of pyridine rings is 1. The number of rotatable bonds is 6. The van der Waals surface area contributed by atoms with E-state index in [0.29, 0.717) is 0 Å². The van der Waals surface area contributed by atoms with Crippen molar-refractivity contribution >= 4 is 0 Å². The van der Waals surface area contributed by atoms with Crippen molar-refractivity contribution in [2.24, 2.45) is 0 Å². The van der Waals surface area contributed by atoms with Crippen LogP contribution in [0.3, 0.4) is 0 Å². The maximum atomic E-state index is 5.82. The van der Waals surface area contributed by atoms with Gasteiger partial charge in [-0.2, -0.15) is 0 Å². The van der Waals surface area contributed by atoms with E-state index in [1.54, 1.807) is 0 Å². The molecular weight excluding hydrogens is 236 g/mol. The molecule has 3 nitrogen and oxygen atoms in total. The first-order chi connectivity index (χ1) is 9.33. The third kappa shape index (κ3) is 3.44. The molecule has 0 unspecified atom stereocenters. The standard InChI is InChI=1S/C16H20N2O/c1-2-12-3-4-14(17-10-12)9-15-7-8-16(19-15)11-18-13-5-6-13/h3-4,7-8,10,13,18H,2,5-6,9,11H2,1H3. The Labute approximate surface area is 114 Å². The molecule has 0 aromatic carbocycles. The Balaban J connectivity index is 1.58. The molecule has 1 N–H and O–H groups in total. The van der Waals surface area contributed by atoms with Gasteiger partial charge >= 0.3 is 0 Å². The van der Waals surface area contributed by atoms with Crippen molar-refractivity contribution in [3.8, 4) is 0 Å². The summed E-state index contributed by atoms with van der Waals surface area (Å²) in [5.41, 5.74) is 2.34. The largest absolute Gasteiger partial charge is 0.464 e. The van der Waals surface area contributed by atoms with Crippen LogP contribution in [0.1, 0.15) is 42.5 Å². The van der Waals surface area contributed by atoms with Crippen LogP contribution in [0.5, 0.6) is 0 Å². The van der Waals surface area contributed by atoms with Gasteiger partial charge in [0.1, 0.15) is 11.5 Å². The fourth-order valence-electron chi connectivity index (χ4n) is 2.09. The van der Waals surface area contributed by atoms with Crippen LogP contribution in [0.25, 0.3) is 0 Å². The average molecular weight is 256 g/mol. The second-order valence-electron chi connectivity index (χ2n) is 5.21. The Bertz CT molecular complexity index is 526. The average Bonchev–Trinajstić information content (AvgIpc) is 3.17. The summed E-state index contributed by atoms with van der Waals surface area (Å²) in [5.74, 6) is 2.01. The van der Waals surface area contributed by atoms with Crippen molar-refractivity contribution in [3.63, 3.8) is 0 Å². The lowest BCUT2D eigenvalue weighted by atomic mass is 10.2. The predicted octanol–water partition coefficient (Wildman–Crippen LogP) is 3.08. The van der Waals surface area contributed by atoms with Gasteiger partial charge < -0.3 is 9.73 Å². The summed E-state index contributed by atoms with van der Waals surface area (Å²) in [6.07, 6.45) is 6.37. The number of hydrogen-bond acceptors (Lipinski definition) is 3. The molecule has 100 valence electrons. The van der Waals surface area contributed by atoms with Gasteiger partial charge in [-0.15, -0.1) is 0 Å². The van der Waals surface area contributed by atoms with Crippen LogP contribution in [-0.4, -0.2) is 11.0 Å². The molecule has 19 heavy (non-hydrogen) atoms. The van der Waals surface area contributed by atoms with Gasteiger partial charge in [-0.05, 0) is 43.0 Å². The van der Waals surface area contributed by atoms with Crippen molar-refractivity contribution in [1.29, 1.82) is 0 Å². The van der Waals surface area contributed by atoms with Crippen molar-refractivity contribution in [2.45, 2.75) is 45.2 Å². The van der Waals surface area contributed by atoms with E-state index in [4.69, 9.17) is 4.42 Å². The number of hydrogen-bond donors (Lipinski definition) is 1. The number of nitrogens with one attached hydrogen (secondary N) is 1. The summed E-state index contributed by atoms with van der Waals surface area (Å²) in [4.78, 5) is 4.46. The molecule has 2 heterocycles. The zero-order chi connectivity index (χ0) is 13.1. The minimum atomic E-state index is 0.719. The highest BCUT2D eigenvalue weighted by atomic mass is 16.3. The monoisotopic (exact) mass is 256 g/mol. The van der Waals surface area contributed by atoms with Crippen LogP contribution < -0.4 is 5.32 Å². The summed E-state index contributed by atoms with van der Waals surface area (Å²) in [6, 6.07) is 9.06. The van der Waals surface area contributed by atoms with E-state index in [1.165, 1.54) is 18.4 Å². The Hall–Kier alpha value is -1.61. The molecule has 2 aromatic rings. The van der Waals surface area contributed by atoms with Crippen molar-refractivity contribution in [3.05, 3.63) is 53.2 Å². The molecule has 0 atom stereocenters. The van der Waals surface area contributed by atoms with Gasteiger partial charge in [0.25, 0.3) is 0 Å². The second kappa shape index (κ2) is 5.57. The highest BCUT2D eigenvalue weighted by Gasteiger charge is 2.20. The van der Waals surface area contributed by atoms with Gasteiger partial charge in [-0.1, -0.05) is 13.0 Å². The normalized spacial score (nSPS) is 14.8. The second-order valence-corrected chi connectivity index (χ2v) is 5.21. The van der Waals surface area contributed by atoms with Crippen LogP contribution in [0, 0.1) is 0 Å². The summed E-state index contributed by atoms with van der Waals surface area (Å²) >= 11 is 0. The Morgan fingerprint density at radius 1 is 1.21 bits per heavy atom. The Morgan fingerprint density at radius 3 is 2.74 bits per heavy atom. The van der Waals surface area contributed by atoms with Gasteiger partial charge in [0.05, 0.1) is 6.54 Å². The maximum Gasteiger partial charge on any atom is 0.117 e. The lowest BCUT2D eigenvalue weighted by molar-refractivity contribution is 0.452. The minimum Gasteiger partial charge on any atom is -0.464 e. The van der Waals surface area contributed by atoms with Gasteiger partial charge in [0.15, 0.2) is 0 Å². The quantitative estimate of drug-likeness (QED) is 0.863. The molecule has 1 saturated carbocycles. The summed E-state index contributed by atoms with van der Waals surface area (Å²) < 4.78 is 5.82. The van der Waals surface area contributed by atoms with Crippen molar-refractivity contribution < 1.29 is 4.42 Å². The lowest BCUT2D eigenvalue weighted by Gasteiger charge is -2.01. The smallest absolute Gasteiger partial charge is 0.117 e. The van der Waals surface area contributed by atoms with E-state index < -0.39 is 0 Å². The number of nitrogens with zero attached hydrogens (tertiary/aromatic N) is 1. The molecule has 0 amide bonds. The summed E-state index contributed by atoms with van der Waals surface area (Å²) in [6.45, 7) is 2.98. The van der Waals surface area contributed by atoms with E-state index in [9.17, 15) is 0 Å². The molecule has 0 saturated heterocycles. The van der Waals surface area contributed by atoms with Gasteiger partial charge in [0.2, 0.25) is 0 Å².